The number of thiazole rings is 1. The third kappa shape index (κ3) is 5.77. The Labute approximate surface area is 178 Å². The highest BCUT2D eigenvalue weighted by atomic mass is 32.2. The third-order valence-corrected chi connectivity index (χ3v) is 6.46. The summed E-state index contributed by atoms with van der Waals surface area (Å²) in [6.07, 6.45) is 0.579. The van der Waals surface area contributed by atoms with E-state index in [1.807, 2.05) is 24.3 Å². The number of halogens is 1. The molecule has 1 amide bonds. The van der Waals surface area contributed by atoms with Gasteiger partial charge in [0.2, 0.25) is 5.91 Å². The molecular weight excluding hydrogens is 429 g/mol. The molecule has 0 saturated heterocycles. The monoisotopic (exact) mass is 449 g/mol. The molecule has 7 nitrogen and oxygen atoms in total. The molecule has 0 aliphatic carbocycles. The molecule has 3 rings (SSSR count). The maximum Gasteiger partial charge on any atom is 0.263 e. The van der Waals surface area contributed by atoms with E-state index in [0.717, 1.165) is 29.0 Å². The second-order valence-electron chi connectivity index (χ2n) is 6.29. The molecule has 0 spiro atoms. The van der Waals surface area contributed by atoms with Crippen LogP contribution in [0.3, 0.4) is 0 Å². The van der Waals surface area contributed by atoms with E-state index in [9.17, 15) is 17.6 Å². The number of ether oxygens (including phenoxy) is 1. The number of nitrogens with zero attached hydrogens (tertiary/aromatic N) is 1. The fraction of sp³-hybridized carbons (Fsp3) is 0.200. The van der Waals surface area contributed by atoms with Gasteiger partial charge in [-0.15, -0.1) is 11.3 Å². The molecular formula is C20H20FN3O4S2. The van der Waals surface area contributed by atoms with Gasteiger partial charge in [0.25, 0.3) is 10.0 Å². The lowest BCUT2D eigenvalue weighted by Crippen LogP contribution is -2.23. The van der Waals surface area contributed by atoms with Crippen molar-refractivity contribution in [1.82, 2.24) is 10.3 Å². The van der Waals surface area contributed by atoms with Gasteiger partial charge in [0.15, 0.2) is 5.13 Å². The van der Waals surface area contributed by atoms with Crippen LogP contribution in [-0.2, 0) is 27.8 Å². The van der Waals surface area contributed by atoms with E-state index in [1.54, 1.807) is 12.5 Å². The SMILES string of the molecule is COc1ccccc1CNC(=O)CCc1csc(NS(=O)(=O)c2ccc(F)cc2)n1. The number of carbonyl (C=O) groups is 1. The van der Waals surface area contributed by atoms with E-state index in [2.05, 4.69) is 15.0 Å². The van der Waals surface area contributed by atoms with E-state index < -0.39 is 15.8 Å². The number of sulfonamides is 1. The van der Waals surface area contributed by atoms with Crippen molar-refractivity contribution in [3.8, 4) is 5.75 Å². The Morgan fingerprint density at radius 3 is 2.63 bits per heavy atom. The minimum atomic E-state index is -3.85. The maximum absolute atomic E-state index is 13.0. The standard InChI is InChI=1S/C20H20FN3O4S2/c1-28-18-5-3-2-4-14(18)12-22-19(25)11-8-16-13-29-20(23-16)24-30(26,27)17-9-6-15(21)7-10-17/h2-7,9-10,13H,8,11-12H2,1H3,(H,22,25)(H,23,24). The van der Waals surface area contributed by atoms with Crippen molar-refractivity contribution in [2.24, 2.45) is 0 Å². The second kappa shape index (κ2) is 9.68. The number of methoxy groups -OCH3 is 1. The summed E-state index contributed by atoms with van der Waals surface area (Å²) in [4.78, 5) is 16.3. The number of hydrogen-bond donors (Lipinski definition) is 2. The third-order valence-electron chi connectivity index (χ3n) is 4.17. The predicted octanol–water partition coefficient (Wildman–Crippen LogP) is 3.34. The van der Waals surface area contributed by atoms with Gasteiger partial charge in [0, 0.05) is 23.9 Å². The first kappa shape index (κ1) is 21.7. The lowest BCUT2D eigenvalue weighted by molar-refractivity contribution is -0.121. The molecule has 1 aromatic heterocycles. The number of aryl methyl sites for hydroxylation is 1. The summed E-state index contributed by atoms with van der Waals surface area (Å²) in [5.74, 6) is 0.0344. The zero-order chi connectivity index (χ0) is 21.6. The van der Waals surface area contributed by atoms with Crippen molar-refractivity contribution >= 4 is 32.4 Å². The van der Waals surface area contributed by atoms with Crippen molar-refractivity contribution in [3.05, 3.63) is 71.0 Å². The van der Waals surface area contributed by atoms with Gasteiger partial charge >= 0.3 is 0 Å². The Balaban J connectivity index is 1.51. The molecule has 158 valence electrons. The molecule has 0 bridgehead atoms. The quantitative estimate of drug-likeness (QED) is 0.522. The van der Waals surface area contributed by atoms with Crippen molar-refractivity contribution in [2.75, 3.05) is 11.8 Å². The van der Waals surface area contributed by atoms with Gasteiger partial charge in [-0.05, 0) is 36.8 Å². The Bertz CT molecular complexity index is 1120. The first-order chi connectivity index (χ1) is 14.4. The van der Waals surface area contributed by atoms with E-state index in [1.165, 1.54) is 12.1 Å². The van der Waals surface area contributed by atoms with Gasteiger partial charge in [-0.3, -0.25) is 9.52 Å². The van der Waals surface area contributed by atoms with E-state index >= 15 is 0 Å². The molecule has 0 radical (unpaired) electrons. The zero-order valence-corrected chi connectivity index (χ0v) is 17.7. The highest BCUT2D eigenvalue weighted by Crippen LogP contribution is 2.21. The zero-order valence-electron chi connectivity index (χ0n) is 16.1. The van der Waals surface area contributed by atoms with Crippen LogP contribution in [0.15, 0.2) is 58.8 Å². The minimum Gasteiger partial charge on any atom is -0.496 e. The summed E-state index contributed by atoms with van der Waals surface area (Å²) in [6.45, 7) is 0.350. The molecule has 2 N–H and O–H groups in total. The van der Waals surface area contributed by atoms with Crippen LogP contribution in [-0.4, -0.2) is 26.4 Å². The molecule has 0 fully saturated rings. The summed E-state index contributed by atoms with van der Waals surface area (Å²) >= 11 is 1.12. The Kier molecular flexibility index (Phi) is 7.01. The van der Waals surface area contributed by atoms with Crippen LogP contribution in [0, 0.1) is 5.82 Å². The van der Waals surface area contributed by atoms with Crippen molar-refractivity contribution in [2.45, 2.75) is 24.3 Å². The Hall–Kier alpha value is -2.98. The van der Waals surface area contributed by atoms with E-state index in [4.69, 9.17) is 4.74 Å². The smallest absolute Gasteiger partial charge is 0.263 e. The van der Waals surface area contributed by atoms with Gasteiger partial charge in [-0.25, -0.2) is 17.8 Å². The van der Waals surface area contributed by atoms with Crippen LogP contribution in [0.5, 0.6) is 5.75 Å². The summed E-state index contributed by atoms with van der Waals surface area (Å²) in [5, 5.41) is 4.70. The highest BCUT2D eigenvalue weighted by Gasteiger charge is 2.16. The fourth-order valence-corrected chi connectivity index (χ4v) is 4.63. The van der Waals surface area contributed by atoms with Crippen LogP contribution in [0.25, 0.3) is 0 Å². The molecule has 30 heavy (non-hydrogen) atoms. The molecule has 3 aromatic rings. The molecule has 10 heteroatoms. The van der Waals surface area contributed by atoms with Crippen molar-refractivity contribution in [3.63, 3.8) is 0 Å². The number of anilines is 1. The number of carbonyl (C=O) groups excluding carboxylic acids is 1. The molecule has 0 aliphatic rings. The normalized spacial score (nSPS) is 11.1. The topological polar surface area (TPSA) is 97.4 Å². The van der Waals surface area contributed by atoms with Gasteiger partial charge in [-0.1, -0.05) is 18.2 Å². The number of rotatable bonds is 9. The molecule has 0 saturated carbocycles. The number of nitrogens with one attached hydrogen (secondary N) is 2. The summed E-state index contributed by atoms with van der Waals surface area (Å²) in [6, 6.07) is 11.9. The van der Waals surface area contributed by atoms with Gasteiger partial charge < -0.3 is 10.1 Å². The molecule has 0 aliphatic heterocycles. The first-order valence-corrected chi connectivity index (χ1v) is 11.3. The van der Waals surface area contributed by atoms with Gasteiger partial charge in [-0.2, -0.15) is 0 Å². The lowest BCUT2D eigenvalue weighted by Gasteiger charge is -2.09. The Morgan fingerprint density at radius 1 is 1.17 bits per heavy atom. The predicted molar refractivity (Wildman–Crippen MR) is 112 cm³/mol. The number of para-hydroxylation sites is 1. The lowest BCUT2D eigenvalue weighted by atomic mass is 10.2. The van der Waals surface area contributed by atoms with Crippen LogP contribution < -0.4 is 14.8 Å². The maximum atomic E-state index is 13.0. The second-order valence-corrected chi connectivity index (χ2v) is 8.83. The van der Waals surface area contributed by atoms with Crippen LogP contribution in [0.4, 0.5) is 9.52 Å². The van der Waals surface area contributed by atoms with Crippen molar-refractivity contribution < 1.29 is 22.3 Å². The first-order valence-electron chi connectivity index (χ1n) is 8.99. The average molecular weight is 450 g/mol. The number of aromatic nitrogens is 1. The fourth-order valence-electron chi connectivity index (χ4n) is 2.63. The summed E-state index contributed by atoms with van der Waals surface area (Å²) < 4.78 is 45.2. The van der Waals surface area contributed by atoms with Gasteiger partial charge in [0.05, 0.1) is 17.7 Å². The Morgan fingerprint density at radius 2 is 1.90 bits per heavy atom. The molecule has 2 aromatic carbocycles. The number of hydrogen-bond acceptors (Lipinski definition) is 6. The largest absolute Gasteiger partial charge is 0.496 e. The number of amides is 1. The average Bonchev–Trinajstić information content (AvgIpc) is 3.17. The molecule has 0 unspecified atom stereocenters. The summed E-state index contributed by atoms with van der Waals surface area (Å²) in [5.41, 5.74) is 1.48. The van der Waals surface area contributed by atoms with Crippen LogP contribution in [0.1, 0.15) is 17.7 Å². The summed E-state index contributed by atoms with van der Waals surface area (Å²) in [7, 11) is -2.28. The number of benzene rings is 2. The van der Waals surface area contributed by atoms with Crippen LogP contribution >= 0.6 is 11.3 Å². The minimum absolute atomic E-state index is 0.0589. The van der Waals surface area contributed by atoms with Crippen molar-refractivity contribution in [1.29, 1.82) is 0 Å². The van der Waals surface area contributed by atoms with E-state index in [0.29, 0.717) is 24.4 Å². The van der Waals surface area contributed by atoms with E-state index in [-0.39, 0.29) is 22.4 Å². The molecule has 0 atom stereocenters. The highest BCUT2D eigenvalue weighted by molar-refractivity contribution is 7.93. The molecule has 1 heterocycles. The van der Waals surface area contributed by atoms with Gasteiger partial charge in [0.1, 0.15) is 11.6 Å². The van der Waals surface area contributed by atoms with Crippen LogP contribution in [0.2, 0.25) is 0 Å².